The first kappa shape index (κ1) is 7.29. The Hall–Kier alpha value is 0.177. The Labute approximate surface area is 59.7 Å². The molecule has 1 nitrogen and oxygen atoms in total. The van der Waals surface area contributed by atoms with Gasteiger partial charge in [0.2, 0.25) is 0 Å². The smallest absolute Gasteiger partial charge is 0.111 e. The molecule has 1 heterocycles. The molecule has 0 aromatic carbocycles. The van der Waals surface area contributed by atoms with Gasteiger partial charge in [0.1, 0.15) is 8.96 Å². The Balaban J connectivity index is 2.08. The van der Waals surface area contributed by atoms with E-state index in [0.29, 0.717) is 0 Å². The van der Waals surface area contributed by atoms with Crippen LogP contribution < -0.4 is 0 Å². The van der Waals surface area contributed by atoms with Gasteiger partial charge in [0.15, 0.2) is 0 Å². The Morgan fingerprint density at radius 2 is 2.11 bits per heavy atom. The average Bonchev–Trinajstić information content (AvgIpc) is 1.60. The molecule has 0 unspecified atom stereocenters. The van der Waals surface area contributed by atoms with Crippen LogP contribution in [0.25, 0.3) is 0 Å². The van der Waals surface area contributed by atoms with E-state index in [1.54, 1.807) is 12.1 Å². The minimum atomic E-state index is -0.279. The fraction of sp³-hybridized carbons (Fsp3) is 1.00. The molecule has 1 rings (SSSR count). The van der Waals surface area contributed by atoms with Crippen LogP contribution in [-0.2, 0) is 0 Å². The minimum absolute atomic E-state index is 0.279. The van der Waals surface area contributed by atoms with Gasteiger partial charge in [-0.05, 0) is 32.1 Å². The Morgan fingerprint density at radius 1 is 1.44 bits per heavy atom. The van der Waals surface area contributed by atoms with E-state index < -0.39 is 0 Å². The van der Waals surface area contributed by atoms with Gasteiger partial charge < -0.3 is 4.57 Å². The van der Waals surface area contributed by atoms with Crippen LogP contribution in [0, 0.1) is 0 Å². The van der Waals surface area contributed by atoms with Crippen molar-refractivity contribution in [1.29, 1.82) is 0 Å². The lowest BCUT2D eigenvalue weighted by molar-refractivity contribution is 0.494. The molecule has 1 aliphatic heterocycles. The molecule has 1 fully saturated rings. The SMILES string of the molecule is CCCN(C)[SiH]1CCC1. The predicted octanol–water partition coefficient (Wildman–Crippen LogP) is 1.46. The topological polar surface area (TPSA) is 3.24 Å². The maximum absolute atomic E-state index is 2.63. The summed E-state index contributed by atoms with van der Waals surface area (Å²) in [6.07, 6.45) is 2.85. The van der Waals surface area contributed by atoms with Gasteiger partial charge in [-0.25, -0.2) is 0 Å². The molecule has 0 aromatic rings. The second-order valence-corrected chi connectivity index (χ2v) is 6.41. The standard InChI is InChI=1S/C7H17NSi/c1-3-5-8(2)9-6-4-7-9/h9H,3-7H2,1-2H3. The van der Waals surface area contributed by atoms with Crippen molar-refractivity contribution >= 4 is 8.96 Å². The normalized spacial score (nSPS) is 20.3. The van der Waals surface area contributed by atoms with Gasteiger partial charge in [-0.2, -0.15) is 0 Å². The summed E-state index contributed by atoms with van der Waals surface area (Å²) in [6.45, 7) is 3.61. The molecule has 0 N–H and O–H groups in total. The van der Waals surface area contributed by atoms with Gasteiger partial charge in [-0.1, -0.05) is 13.3 Å². The number of nitrogens with zero attached hydrogens (tertiary/aromatic N) is 1. The van der Waals surface area contributed by atoms with Crippen molar-refractivity contribution in [3.05, 3.63) is 0 Å². The largest absolute Gasteiger partial charge is 0.329 e. The van der Waals surface area contributed by atoms with Crippen LogP contribution in [-0.4, -0.2) is 27.1 Å². The molecule has 2 heteroatoms. The van der Waals surface area contributed by atoms with E-state index in [-0.39, 0.29) is 8.96 Å². The van der Waals surface area contributed by atoms with E-state index in [1.807, 2.05) is 0 Å². The van der Waals surface area contributed by atoms with E-state index in [9.17, 15) is 0 Å². The molecule has 9 heavy (non-hydrogen) atoms. The van der Waals surface area contributed by atoms with Crippen LogP contribution in [0.3, 0.4) is 0 Å². The molecule has 1 aliphatic rings. The minimum Gasteiger partial charge on any atom is -0.329 e. The van der Waals surface area contributed by atoms with Gasteiger partial charge in [0, 0.05) is 0 Å². The van der Waals surface area contributed by atoms with Gasteiger partial charge in [0.25, 0.3) is 0 Å². The summed E-state index contributed by atoms with van der Waals surface area (Å²) in [7, 11) is 2.03. The summed E-state index contributed by atoms with van der Waals surface area (Å²) < 4.78 is 2.63. The summed E-state index contributed by atoms with van der Waals surface area (Å²) in [5.41, 5.74) is 0. The molecule has 1 saturated heterocycles. The summed E-state index contributed by atoms with van der Waals surface area (Å²) in [5, 5.41) is 0. The summed E-state index contributed by atoms with van der Waals surface area (Å²) in [4.78, 5) is 0. The van der Waals surface area contributed by atoms with Crippen molar-refractivity contribution in [2.45, 2.75) is 31.9 Å². The third-order valence-corrected chi connectivity index (χ3v) is 5.93. The molecule has 0 aromatic heterocycles. The zero-order valence-electron chi connectivity index (χ0n) is 6.56. The molecule has 0 bridgehead atoms. The highest BCUT2D eigenvalue weighted by atomic mass is 28.3. The molecule has 0 radical (unpaired) electrons. The van der Waals surface area contributed by atoms with Crippen molar-refractivity contribution in [2.24, 2.45) is 0 Å². The lowest BCUT2D eigenvalue weighted by atomic mass is 10.5. The zero-order valence-corrected chi connectivity index (χ0v) is 7.71. The highest BCUT2D eigenvalue weighted by Gasteiger charge is 2.22. The third-order valence-electron chi connectivity index (χ3n) is 2.27. The maximum atomic E-state index is 2.63. The Bertz CT molecular complexity index is 81.0. The molecular formula is C7H17NSi. The molecular weight excluding hydrogens is 126 g/mol. The van der Waals surface area contributed by atoms with Crippen LogP contribution in [0.2, 0.25) is 12.1 Å². The molecule has 0 saturated carbocycles. The van der Waals surface area contributed by atoms with E-state index in [1.165, 1.54) is 19.4 Å². The van der Waals surface area contributed by atoms with Gasteiger partial charge in [0.05, 0.1) is 0 Å². The molecule has 0 aliphatic carbocycles. The second kappa shape index (κ2) is 3.37. The van der Waals surface area contributed by atoms with Gasteiger partial charge in [-0.15, -0.1) is 0 Å². The molecule has 0 atom stereocenters. The Morgan fingerprint density at radius 3 is 2.44 bits per heavy atom. The van der Waals surface area contributed by atoms with Crippen LogP contribution >= 0.6 is 0 Å². The first-order valence-corrected chi connectivity index (χ1v) is 6.19. The van der Waals surface area contributed by atoms with Crippen molar-refractivity contribution in [1.82, 2.24) is 4.57 Å². The molecule has 0 amide bonds. The first-order valence-electron chi connectivity index (χ1n) is 4.05. The summed E-state index contributed by atoms with van der Waals surface area (Å²) in [5.74, 6) is 0. The van der Waals surface area contributed by atoms with Crippen LogP contribution in [0.1, 0.15) is 19.8 Å². The van der Waals surface area contributed by atoms with Crippen LogP contribution in [0.4, 0.5) is 0 Å². The van der Waals surface area contributed by atoms with E-state index >= 15 is 0 Å². The monoisotopic (exact) mass is 143 g/mol. The second-order valence-electron chi connectivity index (χ2n) is 3.07. The van der Waals surface area contributed by atoms with Gasteiger partial charge >= 0.3 is 0 Å². The van der Waals surface area contributed by atoms with E-state index in [4.69, 9.17) is 0 Å². The highest BCUT2D eigenvalue weighted by molar-refractivity contribution is 6.58. The van der Waals surface area contributed by atoms with Crippen molar-refractivity contribution in [3.63, 3.8) is 0 Å². The predicted molar refractivity (Wildman–Crippen MR) is 44.3 cm³/mol. The number of hydrogen-bond acceptors (Lipinski definition) is 1. The van der Waals surface area contributed by atoms with Crippen molar-refractivity contribution < 1.29 is 0 Å². The Kier molecular flexibility index (Phi) is 2.73. The summed E-state index contributed by atoms with van der Waals surface area (Å²) in [6, 6.07) is 3.16. The van der Waals surface area contributed by atoms with Crippen molar-refractivity contribution in [2.75, 3.05) is 13.6 Å². The van der Waals surface area contributed by atoms with Crippen molar-refractivity contribution in [3.8, 4) is 0 Å². The van der Waals surface area contributed by atoms with E-state index in [0.717, 1.165) is 0 Å². The fourth-order valence-corrected chi connectivity index (χ4v) is 3.64. The lowest BCUT2D eigenvalue weighted by Gasteiger charge is -2.32. The number of rotatable bonds is 3. The first-order chi connectivity index (χ1) is 4.34. The zero-order chi connectivity index (χ0) is 6.69. The number of hydrogen-bond donors (Lipinski definition) is 0. The average molecular weight is 143 g/mol. The maximum Gasteiger partial charge on any atom is 0.111 e. The van der Waals surface area contributed by atoms with Crippen LogP contribution in [0.5, 0.6) is 0 Å². The quantitative estimate of drug-likeness (QED) is 0.541. The molecule has 0 spiro atoms. The summed E-state index contributed by atoms with van der Waals surface area (Å²) >= 11 is 0. The van der Waals surface area contributed by atoms with E-state index in [2.05, 4.69) is 18.5 Å². The third kappa shape index (κ3) is 1.80. The van der Waals surface area contributed by atoms with Crippen LogP contribution in [0.15, 0.2) is 0 Å². The fourth-order valence-electron chi connectivity index (χ4n) is 1.36. The van der Waals surface area contributed by atoms with Gasteiger partial charge in [-0.3, -0.25) is 0 Å². The molecule has 54 valence electrons. The highest BCUT2D eigenvalue weighted by Crippen LogP contribution is 2.21. The lowest BCUT2D eigenvalue weighted by Crippen LogP contribution is -2.41.